The zero-order valence-electron chi connectivity index (χ0n) is 21.6. The van der Waals surface area contributed by atoms with Crippen LogP contribution in [0.1, 0.15) is 20.7 Å². The number of allylic oxidation sites excluding steroid dienone is 2. The predicted molar refractivity (Wildman–Crippen MR) is 150 cm³/mol. The molecule has 9 heteroatoms. The van der Waals surface area contributed by atoms with Gasteiger partial charge in [-0.25, -0.2) is 4.90 Å². The van der Waals surface area contributed by atoms with E-state index < -0.39 is 35.7 Å². The van der Waals surface area contributed by atoms with Crippen LogP contribution in [0.2, 0.25) is 5.02 Å². The van der Waals surface area contributed by atoms with Crippen LogP contribution < -0.4 is 14.4 Å². The fraction of sp³-hybridized carbons (Fsp3) is 0.188. The van der Waals surface area contributed by atoms with E-state index in [4.69, 9.17) is 21.1 Å². The maximum absolute atomic E-state index is 14.1. The molecule has 4 heterocycles. The number of hydrogen-bond acceptors (Lipinski definition) is 7. The number of anilines is 1. The third-order valence-electron chi connectivity index (χ3n) is 8.03. The molecular weight excluding hydrogens is 544 g/mol. The molecule has 204 valence electrons. The summed E-state index contributed by atoms with van der Waals surface area (Å²) in [7, 11) is 0. The Morgan fingerprint density at radius 2 is 1.51 bits per heavy atom. The number of carbonyl (C=O) groups is 4. The Morgan fingerprint density at radius 3 is 2.27 bits per heavy atom. The number of carbonyl (C=O) groups excluding carboxylic acids is 4. The molecule has 0 N–H and O–H groups in total. The predicted octanol–water partition coefficient (Wildman–Crippen LogP) is 4.49. The molecule has 41 heavy (non-hydrogen) atoms. The van der Waals surface area contributed by atoms with Crippen LogP contribution in [0.15, 0.2) is 96.7 Å². The fourth-order valence-corrected chi connectivity index (χ4v) is 6.29. The summed E-state index contributed by atoms with van der Waals surface area (Å²) in [5.41, 5.74) is 1.62. The van der Waals surface area contributed by atoms with Gasteiger partial charge in [0.1, 0.15) is 19.3 Å². The Kier molecular flexibility index (Phi) is 6.01. The lowest BCUT2D eigenvalue weighted by molar-refractivity contribution is -0.123. The van der Waals surface area contributed by atoms with Gasteiger partial charge in [0.25, 0.3) is 0 Å². The van der Waals surface area contributed by atoms with Crippen molar-refractivity contribution in [3.05, 3.63) is 113 Å². The van der Waals surface area contributed by atoms with Crippen LogP contribution in [-0.4, -0.2) is 53.6 Å². The zero-order chi connectivity index (χ0) is 28.2. The van der Waals surface area contributed by atoms with E-state index >= 15 is 0 Å². The van der Waals surface area contributed by atoms with Crippen molar-refractivity contribution in [2.75, 3.05) is 18.1 Å². The highest BCUT2D eigenvalue weighted by Gasteiger charge is 2.63. The van der Waals surface area contributed by atoms with E-state index in [0.29, 0.717) is 52.1 Å². The molecule has 0 bridgehead atoms. The number of hydrogen-bond donors (Lipinski definition) is 0. The minimum atomic E-state index is -0.962. The first-order valence-electron chi connectivity index (χ1n) is 13.3. The van der Waals surface area contributed by atoms with Gasteiger partial charge in [-0.15, -0.1) is 0 Å². The minimum Gasteiger partial charge on any atom is -0.486 e. The number of benzene rings is 3. The third kappa shape index (κ3) is 4.05. The third-order valence-corrected chi connectivity index (χ3v) is 8.28. The van der Waals surface area contributed by atoms with E-state index in [1.807, 2.05) is 6.07 Å². The highest BCUT2D eigenvalue weighted by Crippen LogP contribution is 2.48. The highest BCUT2D eigenvalue weighted by atomic mass is 35.5. The molecule has 8 nitrogen and oxygen atoms in total. The molecule has 7 rings (SSSR count). The van der Waals surface area contributed by atoms with Gasteiger partial charge in [0, 0.05) is 34.0 Å². The monoisotopic (exact) mass is 566 g/mol. The van der Waals surface area contributed by atoms with Crippen molar-refractivity contribution in [2.24, 2.45) is 11.8 Å². The molecule has 4 unspecified atom stereocenters. The van der Waals surface area contributed by atoms with E-state index in [0.717, 1.165) is 4.90 Å². The Bertz CT molecular complexity index is 1670. The van der Waals surface area contributed by atoms with Crippen molar-refractivity contribution in [2.45, 2.75) is 12.1 Å². The van der Waals surface area contributed by atoms with Crippen LogP contribution >= 0.6 is 11.6 Å². The molecule has 2 fully saturated rings. The van der Waals surface area contributed by atoms with Crippen LogP contribution in [0.25, 0.3) is 0 Å². The molecule has 2 saturated heterocycles. The van der Waals surface area contributed by atoms with Crippen LogP contribution in [0.4, 0.5) is 5.69 Å². The number of ketones is 2. The minimum absolute atomic E-state index is 0.203. The van der Waals surface area contributed by atoms with Crippen molar-refractivity contribution in [3.8, 4) is 11.5 Å². The Balaban J connectivity index is 1.30. The Labute approximate surface area is 240 Å². The maximum Gasteiger partial charge on any atom is 0.240 e. The van der Waals surface area contributed by atoms with Gasteiger partial charge >= 0.3 is 0 Å². The van der Waals surface area contributed by atoms with Crippen molar-refractivity contribution in [1.29, 1.82) is 0 Å². The topological polar surface area (TPSA) is 93.2 Å². The molecule has 0 aliphatic carbocycles. The molecule has 2 amide bonds. The standard InChI is InChI=1S/C32H23ClN2O6/c33-21-8-6-19(7-9-21)30(37)28-27-26(23-16-20(12-13-34(23)28)29(36)18-4-2-1-3-5-18)31(38)35(32(27)39)22-10-11-24-25(17-22)41-15-14-40-24/h1-13,16-17,23,26-28H,14-15H2. The van der Waals surface area contributed by atoms with Gasteiger partial charge in [-0.05, 0) is 42.5 Å². The molecule has 0 aromatic heterocycles. The van der Waals surface area contributed by atoms with Crippen molar-refractivity contribution < 1.29 is 28.7 Å². The van der Waals surface area contributed by atoms with Crippen LogP contribution in [-0.2, 0) is 9.59 Å². The number of amides is 2. The van der Waals surface area contributed by atoms with E-state index in [-0.39, 0.29) is 11.6 Å². The second-order valence-corrected chi connectivity index (χ2v) is 10.7. The summed E-state index contributed by atoms with van der Waals surface area (Å²) in [6.07, 6.45) is 5.01. The number of halogens is 1. The second-order valence-electron chi connectivity index (χ2n) is 10.3. The first-order chi connectivity index (χ1) is 19.9. The summed E-state index contributed by atoms with van der Waals surface area (Å²) in [4.78, 5) is 58.3. The van der Waals surface area contributed by atoms with E-state index in [1.165, 1.54) is 0 Å². The molecule has 3 aromatic rings. The molecule has 4 atom stereocenters. The average Bonchev–Trinajstić information content (AvgIpc) is 3.48. The smallest absolute Gasteiger partial charge is 0.240 e. The SMILES string of the molecule is O=C(C1=CC2C3C(=O)N(c4ccc5c(c4)OCCO5)C(=O)C3C(C(=O)c3ccc(Cl)cc3)N2C=C1)c1ccccc1. The number of ether oxygens (including phenoxy) is 2. The van der Waals surface area contributed by atoms with Crippen molar-refractivity contribution >= 4 is 40.7 Å². The summed E-state index contributed by atoms with van der Waals surface area (Å²) in [6, 6.07) is 18.6. The van der Waals surface area contributed by atoms with E-state index in [1.54, 1.807) is 90.0 Å². The zero-order valence-corrected chi connectivity index (χ0v) is 22.4. The summed E-state index contributed by atoms with van der Waals surface area (Å²) in [5, 5.41) is 0.477. The van der Waals surface area contributed by atoms with Gasteiger partial charge < -0.3 is 14.4 Å². The van der Waals surface area contributed by atoms with Gasteiger partial charge in [-0.2, -0.15) is 0 Å². The maximum atomic E-state index is 14.1. The Morgan fingerprint density at radius 1 is 0.805 bits per heavy atom. The second kappa shape index (κ2) is 9.74. The molecule has 0 saturated carbocycles. The molecule has 4 aliphatic rings. The van der Waals surface area contributed by atoms with Gasteiger partial charge in [0.2, 0.25) is 11.8 Å². The molecule has 4 aliphatic heterocycles. The van der Waals surface area contributed by atoms with E-state index in [9.17, 15) is 19.2 Å². The van der Waals surface area contributed by atoms with Crippen LogP contribution in [0.5, 0.6) is 11.5 Å². The fourth-order valence-electron chi connectivity index (χ4n) is 6.16. The van der Waals surface area contributed by atoms with Gasteiger partial charge in [-0.1, -0.05) is 48.0 Å². The first kappa shape index (κ1) is 25.3. The average molecular weight is 567 g/mol. The lowest BCUT2D eigenvalue weighted by Gasteiger charge is -2.33. The van der Waals surface area contributed by atoms with Crippen molar-refractivity contribution in [3.63, 3.8) is 0 Å². The molecule has 3 aromatic carbocycles. The van der Waals surface area contributed by atoms with Gasteiger partial charge in [0.15, 0.2) is 23.1 Å². The summed E-state index contributed by atoms with van der Waals surface area (Å²) in [6.45, 7) is 0.765. The lowest BCUT2D eigenvalue weighted by atomic mass is 9.85. The number of nitrogens with zero attached hydrogens (tertiary/aromatic N) is 2. The first-order valence-corrected chi connectivity index (χ1v) is 13.6. The van der Waals surface area contributed by atoms with E-state index in [2.05, 4.69) is 0 Å². The number of Topliss-reactive ketones (excluding diaryl/α,β-unsaturated/α-hetero) is 2. The number of imide groups is 1. The number of rotatable bonds is 5. The number of fused-ring (bicyclic) bond motifs is 4. The largest absolute Gasteiger partial charge is 0.486 e. The lowest BCUT2D eigenvalue weighted by Crippen LogP contribution is -2.46. The van der Waals surface area contributed by atoms with Crippen LogP contribution in [0, 0.1) is 11.8 Å². The molecular formula is C32H23ClN2O6. The van der Waals surface area contributed by atoms with Gasteiger partial charge in [-0.3, -0.25) is 19.2 Å². The quantitative estimate of drug-likeness (QED) is 0.332. The molecule has 0 spiro atoms. The summed E-state index contributed by atoms with van der Waals surface area (Å²) < 4.78 is 11.3. The summed E-state index contributed by atoms with van der Waals surface area (Å²) >= 11 is 6.05. The Hall–Kier alpha value is -4.69. The molecule has 0 radical (unpaired) electrons. The highest BCUT2D eigenvalue weighted by molar-refractivity contribution is 6.30. The summed E-state index contributed by atoms with van der Waals surface area (Å²) in [5.74, 6) is -2.28. The van der Waals surface area contributed by atoms with Gasteiger partial charge in [0.05, 0.1) is 23.6 Å². The normalized spacial score (nSPS) is 24.2. The van der Waals surface area contributed by atoms with Crippen LogP contribution in [0.3, 0.4) is 0 Å². The van der Waals surface area contributed by atoms with Crippen molar-refractivity contribution in [1.82, 2.24) is 4.90 Å².